The van der Waals surface area contributed by atoms with Crippen molar-refractivity contribution in [1.82, 2.24) is 10.3 Å². The van der Waals surface area contributed by atoms with Crippen molar-refractivity contribution in [2.45, 2.75) is 46.1 Å². The molecular weight excluding hydrogens is 448 g/mol. The summed E-state index contributed by atoms with van der Waals surface area (Å²) >= 11 is 1.44. The third-order valence-electron chi connectivity index (χ3n) is 5.81. The zero-order valence-corrected chi connectivity index (χ0v) is 21.2. The van der Waals surface area contributed by atoms with E-state index in [-0.39, 0.29) is 11.5 Å². The molecule has 0 saturated carbocycles. The Kier molecular flexibility index (Phi) is 6.41. The molecule has 0 aliphatic heterocycles. The Morgan fingerprint density at radius 1 is 1.18 bits per heavy atom. The number of carbonyl (C=O) groups excluding carboxylic acids is 1. The monoisotopic (exact) mass is 478 g/mol. The highest BCUT2D eigenvalue weighted by molar-refractivity contribution is 7.17. The summed E-state index contributed by atoms with van der Waals surface area (Å²) < 4.78 is 11.8. The van der Waals surface area contributed by atoms with Crippen molar-refractivity contribution in [3.8, 4) is 16.9 Å². The zero-order chi connectivity index (χ0) is 24.6. The first-order valence-corrected chi connectivity index (χ1v) is 12.1. The standard InChI is InChI=1S/C27H30N2O4S/c1-15-13-20(32-6)21(22-19-11-12-34-24(19)25(30)29-23(15)22)18-9-7-17(8-10-18)16(2)14-28-26(31)33-27(3,4)5/h7-13,16H,14H2,1-6H3,(H,28,31)(H,29,30)/t16-/m1/s1. The lowest BCUT2D eigenvalue weighted by molar-refractivity contribution is 0.0525. The molecule has 4 rings (SSSR count). The number of alkyl carbamates (subject to hydrolysis) is 1. The fraction of sp³-hybridized carbons (Fsp3) is 0.333. The minimum absolute atomic E-state index is 0.0709. The molecule has 0 radical (unpaired) electrons. The number of carbonyl (C=O) groups is 1. The fourth-order valence-corrected chi connectivity index (χ4v) is 4.96. The summed E-state index contributed by atoms with van der Waals surface area (Å²) in [5.41, 5.74) is 4.24. The Balaban J connectivity index is 1.70. The number of fused-ring (bicyclic) bond motifs is 3. The van der Waals surface area contributed by atoms with Gasteiger partial charge in [-0.2, -0.15) is 0 Å². The van der Waals surface area contributed by atoms with Crippen LogP contribution in [0.5, 0.6) is 5.75 Å². The molecule has 1 amide bonds. The lowest BCUT2D eigenvalue weighted by Crippen LogP contribution is -2.34. The normalized spacial score (nSPS) is 12.6. The first kappa shape index (κ1) is 23.8. The molecule has 0 aliphatic carbocycles. The Bertz CT molecular complexity index is 1410. The van der Waals surface area contributed by atoms with Crippen LogP contribution in [0.15, 0.2) is 46.6 Å². The summed E-state index contributed by atoms with van der Waals surface area (Å²) in [6.45, 7) is 10.0. The van der Waals surface area contributed by atoms with Gasteiger partial charge in [-0.05, 0) is 67.8 Å². The van der Waals surface area contributed by atoms with E-state index in [0.29, 0.717) is 11.2 Å². The molecule has 178 valence electrons. The summed E-state index contributed by atoms with van der Waals surface area (Å²) in [5, 5.41) is 6.70. The van der Waals surface area contributed by atoms with Gasteiger partial charge in [-0.1, -0.05) is 31.2 Å². The number of benzene rings is 2. The molecule has 2 aromatic heterocycles. The first-order chi connectivity index (χ1) is 16.1. The van der Waals surface area contributed by atoms with Crippen molar-refractivity contribution in [3.05, 3.63) is 63.3 Å². The Morgan fingerprint density at radius 3 is 2.53 bits per heavy atom. The molecule has 4 aromatic rings. The van der Waals surface area contributed by atoms with Gasteiger partial charge in [0.2, 0.25) is 0 Å². The van der Waals surface area contributed by atoms with Crippen LogP contribution in [0.2, 0.25) is 0 Å². The molecular formula is C27H30N2O4S. The van der Waals surface area contributed by atoms with E-state index >= 15 is 0 Å². The zero-order valence-electron chi connectivity index (χ0n) is 20.4. The van der Waals surface area contributed by atoms with Crippen LogP contribution >= 0.6 is 11.3 Å². The highest BCUT2D eigenvalue weighted by atomic mass is 32.1. The van der Waals surface area contributed by atoms with Crippen molar-refractivity contribution in [3.63, 3.8) is 0 Å². The van der Waals surface area contributed by atoms with Gasteiger partial charge in [0.15, 0.2) is 0 Å². The molecule has 0 spiro atoms. The van der Waals surface area contributed by atoms with E-state index in [0.717, 1.165) is 44.3 Å². The number of rotatable bonds is 5. The third-order valence-corrected chi connectivity index (χ3v) is 6.72. The minimum atomic E-state index is -0.525. The Labute approximate surface area is 202 Å². The van der Waals surface area contributed by atoms with Crippen LogP contribution in [0.25, 0.3) is 32.1 Å². The fourth-order valence-electron chi connectivity index (χ4n) is 4.16. The number of hydrogen-bond donors (Lipinski definition) is 2. The molecule has 1 atom stereocenters. The first-order valence-electron chi connectivity index (χ1n) is 11.3. The molecule has 2 aromatic carbocycles. The van der Waals surface area contributed by atoms with Crippen LogP contribution in [0.4, 0.5) is 4.79 Å². The molecule has 0 fully saturated rings. The van der Waals surface area contributed by atoms with E-state index in [4.69, 9.17) is 9.47 Å². The number of H-pyrrole nitrogens is 1. The number of nitrogens with one attached hydrogen (secondary N) is 2. The van der Waals surface area contributed by atoms with E-state index in [9.17, 15) is 9.59 Å². The van der Waals surface area contributed by atoms with Gasteiger partial charge in [-0.25, -0.2) is 4.79 Å². The van der Waals surface area contributed by atoms with Gasteiger partial charge in [0, 0.05) is 22.9 Å². The van der Waals surface area contributed by atoms with Gasteiger partial charge in [0.1, 0.15) is 16.1 Å². The van der Waals surface area contributed by atoms with Crippen molar-refractivity contribution in [2.75, 3.05) is 13.7 Å². The number of thiophene rings is 1. The van der Waals surface area contributed by atoms with E-state index in [1.54, 1.807) is 7.11 Å². The van der Waals surface area contributed by atoms with Gasteiger partial charge in [0.25, 0.3) is 5.56 Å². The number of ether oxygens (including phenoxy) is 2. The largest absolute Gasteiger partial charge is 0.496 e. The van der Waals surface area contributed by atoms with Crippen molar-refractivity contribution < 1.29 is 14.3 Å². The Morgan fingerprint density at radius 2 is 1.88 bits per heavy atom. The van der Waals surface area contributed by atoms with Gasteiger partial charge in [0.05, 0.1) is 12.6 Å². The molecule has 6 nitrogen and oxygen atoms in total. The van der Waals surface area contributed by atoms with Gasteiger partial charge >= 0.3 is 6.09 Å². The predicted octanol–water partition coefficient (Wildman–Crippen LogP) is 6.36. The number of aromatic nitrogens is 1. The smallest absolute Gasteiger partial charge is 0.407 e. The molecule has 7 heteroatoms. The van der Waals surface area contributed by atoms with E-state index < -0.39 is 11.7 Å². The summed E-state index contributed by atoms with van der Waals surface area (Å²) in [4.78, 5) is 27.7. The highest BCUT2D eigenvalue weighted by Crippen LogP contribution is 2.41. The summed E-state index contributed by atoms with van der Waals surface area (Å²) in [6, 6.07) is 12.2. The van der Waals surface area contributed by atoms with Crippen LogP contribution in [-0.4, -0.2) is 30.3 Å². The quantitative estimate of drug-likeness (QED) is 0.350. The van der Waals surface area contributed by atoms with Crippen LogP contribution in [-0.2, 0) is 4.74 Å². The molecule has 34 heavy (non-hydrogen) atoms. The Hall–Kier alpha value is -3.32. The molecule has 0 aliphatic rings. The van der Waals surface area contributed by atoms with Crippen LogP contribution in [0.1, 0.15) is 44.7 Å². The van der Waals surface area contributed by atoms with Gasteiger partial charge in [-0.15, -0.1) is 11.3 Å². The lowest BCUT2D eigenvalue weighted by atomic mass is 9.93. The molecule has 2 N–H and O–H groups in total. The second kappa shape index (κ2) is 9.14. The van der Waals surface area contributed by atoms with E-state index in [1.165, 1.54) is 11.3 Å². The highest BCUT2D eigenvalue weighted by Gasteiger charge is 2.19. The topological polar surface area (TPSA) is 80.4 Å². The number of pyridine rings is 1. The average Bonchev–Trinajstić information content (AvgIpc) is 3.28. The maximum Gasteiger partial charge on any atom is 0.407 e. The molecule has 0 unspecified atom stereocenters. The van der Waals surface area contributed by atoms with Gasteiger partial charge < -0.3 is 19.8 Å². The van der Waals surface area contributed by atoms with Crippen molar-refractivity contribution in [2.24, 2.45) is 0 Å². The SMILES string of the molecule is COc1cc(C)c2[nH]c(=O)c3sccc3c2c1-c1ccc([C@H](C)CNC(=O)OC(C)(C)C)cc1. The maximum absolute atomic E-state index is 12.6. The summed E-state index contributed by atoms with van der Waals surface area (Å²) in [6.07, 6.45) is -0.416. The molecule has 0 saturated heterocycles. The van der Waals surface area contributed by atoms with Crippen LogP contribution in [0.3, 0.4) is 0 Å². The number of hydrogen-bond acceptors (Lipinski definition) is 5. The predicted molar refractivity (Wildman–Crippen MR) is 139 cm³/mol. The van der Waals surface area contributed by atoms with Crippen LogP contribution in [0, 0.1) is 6.92 Å². The number of aryl methyl sites for hydroxylation is 1. The van der Waals surface area contributed by atoms with E-state index in [2.05, 4.69) is 41.5 Å². The average molecular weight is 479 g/mol. The molecule has 0 bridgehead atoms. The third kappa shape index (κ3) is 4.66. The summed E-state index contributed by atoms with van der Waals surface area (Å²) in [5.74, 6) is 0.870. The second-order valence-electron chi connectivity index (χ2n) is 9.54. The van der Waals surface area contributed by atoms with Gasteiger partial charge in [-0.3, -0.25) is 4.79 Å². The lowest BCUT2D eigenvalue weighted by Gasteiger charge is -2.21. The second-order valence-corrected chi connectivity index (χ2v) is 10.5. The number of aromatic amines is 1. The summed E-state index contributed by atoms with van der Waals surface area (Å²) in [7, 11) is 1.67. The van der Waals surface area contributed by atoms with Crippen LogP contribution < -0.4 is 15.6 Å². The van der Waals surface area contributed by atoms with Crippen molar-refractivity contribution >= 4 is 38.4 Å². The van der Waals surface area contributed by atoms with E-state index in [1.807, 2.05) is 45.2 Å². The van der Waals surface area contributed by atoms with Crippen molar-refractivity contribution in [1.29, 1.82) is 0 Å². The number of amides is 1. The number of methoxy groups -OCH3 is 1. The molecule has 2 heterocycles. The minimum Gasteiger partial charge on any atom is -0.496 e. The maximum atomic E-state index is 12.6.